The van der Waals surface area contributed by atoms with Gasteiger partial charge in [-0.25, -0.2) is 0 Å². The lowest BCUT2D eigenvalue weighted by Crippen LogP contribution is -2.17. The molecule has 3 rings (SSSR count). The quantitative estimate of drug-likeness (QED) is 0.620. The molecule has 0 aromatic carbocycles. The first kappa shape index (κ1) is 17.5. The summed E-state index contributed by atoms with van der Waals surface area (Å²) in [5.41, 5.74) is 5.45. The summed E-state index contributed by atoms with van der Waals surface area (Å²) in [6.45, 7) is 8.13. The first-order valence-electron chi connectivity index (χ1n) is 9.19. The minimum atomic E-state index is 0.285. The fourth-order valence-electron chi connectivity index (χ4n) is 3.54. The monoisotopic (exact) mass is 333 g/mol. The summed E-state index contributed by atoms with van der Waals surface area (Å²) in [6, 6.07) is 3.91. The molecule has 2 heteroatoms. The summed E-state index contributed by atoms with van der Waals surface area (Å²) in [6.07, 6.45) is 20.1. The van der Waals surface area contributed by atoms with E-state index in [0.29, 0.717) is 0 Å². The van der Waals surface area contributed by atoms with Crippen LogP contribution in [0, 0.1) is 0 Å². The Bertz CT molecular complexity index is 709. The first-order valence-corrected chi connectivity index (χ1v) is 9.19. The van der Waals surface area contributed by atoms with Crippen LogP contribution in [0.25, 0.3) is 0 Å². The van der Waals surface area contributed by atoms with E-state index < -0.39 is 0 Å². The number of rotatable bonds is 4. The van der Waals surface area contributed by atoms with Gasteiger partial charge in [-0.2, -0.15) is 0 Å². The lowest BCUT2D eigenvalue weighted by molar-refractivity contribution is 0.177. The molecule has 0 fully saturated rings. The number of hydrogen-bond donors (Lipinski definition) is 0. The maximum absolute atomic E-state index is 6.10. The Labute approximate surface area is 151 Å². The molecular weight excluding hydrogens is 306 g/mol. The number of aromatic nitrogens is 1. The van der Waals surface area contributed by atoms with Gasteiger partial charge in [-0.15, -0.1) is 0 Å². The molecular formula is C23H27NO. The molecule has 0 spiro atoms. The topological polar surface area (TPSA) is 22.1 Å². The van der Waals surface area contributed by atoms with Crippen LogP contribution in [0.3, 0.4) is 0 Å². The van der Waals surface area contributed by atoms with Crippen molar-refractivity contribution < 1.29 is 4.74 Å². The van der Waals surface area contributed by atoms with Crippen molar-refractivity contribution in [2.24, 2.45) is 0 Å². The second kappa shape index (κ2) is 8.66. The third-order valence-electron chi connectivity index (χ3n) is 4.86. The molecule has 1 aromatic heterocycles. The van der Waals surface area contributed by atoms with Crippen LogP contribution < -0.4 is 4.74 Å². The summed E-state index contributed by atoms with van der Waals surface area (Å²) in [5, 5.41) is 0. The Balaban J connectivity index is 1.65. The molecule has 0 saturated carbocycles. The van der Waals surface area contributed by atoms with E-state index >= 15 is 0 Å². The van der Waals surface area contributed by atoms with E-state index in [-0.39, 0.29) is 6.10 Å². The van der Waals surface area contributed by atoms with Gasteiger partial charge in [-0.05, 0) is 73.8 Å². The van der Waals surface area contributed by atoms with E-state index in [9.17, 15) is 0 Å². The van der Waals surface area contributed by atoms with Crippen LogP contribution in [0.2, 0.25) is 0 Å². The highest BCUT2D eigenvalue weighted by molar-refractivity contribution is 5.43. The maximum atomic E-state index is 6.10. The van der Waals surface area contributed by atoms with Crippen molar-refractivity contribution in [3.8, 4) is 5.75 Å². The average Bonchev–Trinajstić information content (AvgIpc) is 2.79. The highest BCUT2D eigenvalue weighted by Crippen LogP contribution is 2.31. The number of ether oxygens (including phenoxy) is 1. The molecule has 1 aromatic rings. The Kier molecular flexibility index (Phi) is 6.05. The molecule has 130 valence electrons. The summed E-state index contributed by atoms with van der Waals surface area (Å²) >= 11 is 0. The molecule has 2 aliphatic rings. The molecule has 25 heavy (non-hydrogen) atoms. The molecule has 1 atom stereocenters. The van der Waals surface area contributed by atoms with Crippen molar-refractivity contribution in [2.45, 2.75) is 51.0 Å². The van der Waals surface area contributed by atoms with Gasteiger partial charge in [0.15, 0.2) is 0 Å². The minimum Gasteiger partial charge on any atom is -0.489 e. The SMILES string of the molecule is C=CC1=CC=C(/C2=C\CCC(Oc3cccnc3)CCC2)CC(=C)C1. The van der Waals surface area contributed by atoms with Crippen LogP contribution in [0.1, 0.15) is 44.9 Å². The van der Waals surface area contributed by atoms with Gasteiger partial charge in [-0.3, -0.25) is 4.98 Å². The second-order valence-electron chi connectivity index (χ2n) is 6.87. The van der Waals surface area contributed by atoms with Crippen molar-refractivity contribution in [2.75, 3.05) is 0 Å². The molecule has 0 bridgehead atoms. The van der Waals surface area contributed by atoms with E-state index in [1.807, 2.05) is 18.2 Å². The van der Waals surface area contributed by atoms with Gasteiger partial charge in [0.1, 0.15) is 5.75 Å². The van der Waals surface area contributed by atoms with E-state index in [4.69, 9.17) is 4.74 Å². The first-order chi connectivity index (χ1) is 12.2. The molecule has 1 heterocycles. The van der Waals surface area contributed by atoms with Crippen LogP contribution in [0.15, 0.2) is 84.3 Å². The lowest BCUT2D eigenvalue weighted by atomic mass is 9.90. The van der Waals surface area contributed by atoms with Crippen molar-refractivity contribution in [3.63, 3.8) is 0 Å². The molecule has 0 radical (unpaired) electrons. The summed E-state index contributed by atoms with van der Waals surface area (Å²) < 4.78 is 6.10. The fourth-order valence-corrected chi connectivity index (χ4v) is 3.54. The Morgan fingerprint density at radius 2 is 2.08 bits per heavy atom. The predicted octanol–water partition coefficient (Wildman–Crippen LogP) is 6.11. The second-order valence-corrected chi connectivity index (χ2v) is 6.87. The molecule has 2 aliphatic carbocycles. The Morgan fingerprint density at radius 3 is 2.88 bits per heavy atom. The van der Waals surface area contributed by atoms with Crippen LogP contribution in [-0.2, 0) is 0 Å². The maximum Gasteiger partial charge on any atom is 0.137 e. The molecule has 0 amide bonds. The summed E-state index contributed by atoms with van der Waals surface area (Å²) in [4.78, 5) is 4.13. The summed E-state index contributed by atoms with van der Waals surface area (Å²) in [7, 11) is 0. The number of allylic oxidation sites excluding steroid dienone is 8. The van der Waals surface area contributed by atoms with Crippen LogP contribution in [0.4, 0.5) is 0 Å². The van der Waals surface area contributed by atoms with E-state index in [2.05, 4.69) is 36.4 Å². The fraction of sp³-hybridized carbons (Fsp3) is 0.348. The molecule has 1 unspecified atom stereocenters. The molecule has 0 saturated heterocycles. The average molecular weight is 333 g/mol. The smallest absolute Gasteiger partial charge is 0.137 e. The van der Waals surface area contributed by atoms with Crippen molar-refractivity contribution in [1.29, 1.82) is 0 Å². The zero-order chi connectivity index (χ0) is 17.5. The minimum absolute atomic E-state index is 0.285. The van der Waals surface area contributed by atoms with Crippen LogP contribution >= 0.6 is 0 Å². The standard InChI is InChI=1S/C23H27NO/c1-3-19-12-13-21(16-18(2)15-19)20-7-4-9-22(10-5-8-20)25-23-11-6-14-24-17-23/h3,6-7,11-14,17,22H,1-2,4-5,8-10,15-16H2/b20-7-. The van der Waals surface area contributed by atoms with Gasteiger partial charge in [-0.1, -0.05) is 43.0 Å². The molecule has 0 aliphatic heterocycles. The van der Waals surface area contributed by atoms with E-state index in [1.165, 1.54) is 22.3 Å². The van der Waals surface area contributed by atoms with E-state index in [0.717, 1.165) is 50.7 Å². The largest absolute Gasteiger partial charge is 0.489 e. The predicted molar refractivity (Wildman–Crippen MR) is 105 cm³/mol. The third kappa shape index (κ3) is 5.06. The third-order valence-corrected chi connectivity index (χ3v) is 4.86. The van der Waals surface area contributed by atoms with Crippen molar-refractivity contribution in [3.05, 3.63) is 84.3 Å². The van der Waals surface area contributed by atoms with Gasteiger partial charge in [0.05, 0.1) is 12.3 Å². The highest BCUT2D eigenvalue weighted by Gasteiger charge is 2.16. The molecule has 0 N–H and O–H groups in total. The zero-order valence-electron chi connectivity index (χ0n) is 14.9. The van der Waals surface area contributed by atoms with Gasteiger partial charge < -0.3 is 4.74 Å². The van der Waals surface area contributed by atoms with Gasteiger partial charge in [0.25, 0.3) is 0 Å². The number of hydrogen-bond acceptors (Lipinski definition) is 2. The van der Waals surface area contributed by atoms with E-state index in [1.54, 1.807) is 12.4 Å². The van der Waals surface area contributed by atoms with Crippen LogP contribution in [-0.4, -0.2) is 11.1 Å². The zero-order valence-corrected chi connectivity index (χ0v) is 14.9. The van der Waals surface area contributed by atoms with Gasteiger partial charge in [0, 0.05) is 6.20 Å². The van der Waals surface area contributed by atoms with Crippen LogP contribution in [0.5, 0.6) is 5.75 Å². The Hall–Kier alpha value is -2.35. The summed E-state index contributed by atoms with van der Waals surface area (Å²) in [5.74, 6) is 0.877. The normalized spacial score (nSPS) is 23.9. The van der Waals surface area contributed by atoms with Gasteiger partial charge >= 0.3 is 0 Å². The van der Waals surface area contributed by atoms with Crippen molar-refractivity contribution >= 4 is 0 Å². The lowest BCUT2D eigenvalue weighted by Gasteiger charge is -2.22. The Morgan fingerprint density at radius 1 is 1.16 bits per heavy atom. The van der Waals surface area contributed by atoms with Crippen molar-refractivity contribution in [1.82, 2.24) is 4.98 Å². The highest BCUT2D eigenvalue weighted by atomic mass is 16.5. The van der Waals surface area contributed by atoms with Gasteiger partial charge in [0.2, 0.25) is 0 Å². The molecule has 2 nitrogen and oxygen atoms in total. The number of nitrogens with zero attached hydrogens (tertiary/aromatic N) is 1. The number of pyridine rings is 1.